The molecule has 4 amide bonds. The number of alkyl halides is 1. The van der Waals surface area contributed by atoms with Gasteiger partial charge in [0, 0.05) is 64.2 Å². The van der Waals surface area contributed by atoms with Crippen LogP contribution in [-0.2, 0) is 44.9 Å². The number of aromatic nitrogens is 2. The number of nitrogens with one attached hydrogen (secondary N) is 3. The van der Waals surface area contributed by atoms with Crippen molar-refractivity contribution in [3.63, 3.8) is 0 Å². The van der Waals surface area contributed by atoms with Crippen molar-refractivity contribution < 1.29 is 41.1 Å². The molecule has 6 aromatic rings. The maximum absolute atomic E-state index is 13.5. The fourth-order valence-electron chi connectivity index (χ4n) is 11.3. The predicted molar refractivity (Wildman–Crippen MR) is 328 cm³/mol. The van der Waals surface area contributed by atoms with Gasteiger partial charge >= 0.3 is 0 Å². The lowest BCUT2D eigenvalue weighted by Gasteiger charge is -2.41. The van der Waals surface area contributed by atoms with Crippen molar-refractivity contribution in [2.24, 2.45) is 5.92 Å². The van der Waals surface area contributed by atoms with Crippen LogP contribution in [0.1, 0.15) is 106 Å². The summed E-state index contributed by atoms with van der Waals surface area (Å²) in [5.41, 5.74) is 5.68. The van der Waals surface area contributed by atoms with Crippen LogP contribution >= 0.6 is 0 Å². The number of hydrogen-bond donors (Lipinski definition) is 3. The van der Waals surface area contributed by atoms with E-state index in [1.165, 1.54) is 47.5 Å². The molecule has 17 heteroatoms. The SMILES string of the molecule is CCN(CCF)C1(C(=O)N(C)C/C=C/c2ccc3c(c2)CC(C(=O)Nc2ccccn2)C3)CCCC1.CCNC1(C(=O)N(C)C/C=C/c2ccc(CC)c(CC(=O)Nc3ccccn3)c2)CCCC1.Fc1cccc(F)c1.Fc1cccc(F)c1. The van der Waals surface area contributed by atoms with Gasteiger partial charge in [-0.05, 0) is 140 Å². The molecule has 0 radical (unpaired) electrons. The zero-order chi connectivity index (χ0) is 61.2. The number of hydrogen-bond acceptors (Lipinski definition) is 8. The Balaban J connectivity index is 0.000000216. The molecule has 2 saturated carbocycles. The van der Waals surface area contributed by atoms with Crippen molar-refractivity contribution in [3.8, 4) is 0 Å². The molecule has 12 nitrogen and oxygen atoms in total. The third-order valence-corrected chi connectivity index (χ3v) is 15.5. The van der Waals surface area contributed by atoms with Crippen LogP contribution in [0.25, 0.3) is 12.2 Å². The highest BCUT2D eigenvalue weighted by molar-refractivity contribution is 5.93. The largest absolute Gasteiger partial charge is 0.340 e. The minimum absolute atomic E-state index is 0.00291. The zero-order valence-corrected chi connectivity index (χ0v) is 49.6. The van der Waals surface area contributed by atoms with Crippen molar-refractivity contribution in [1.82, 2.24) is 30.0 Å². The monoisotopic (exact) mass is 1170 g/mol. The average Bonchev–Trinajstić information content (AvgIpc) is 2.90. The number of likely N-dealkylation sites (N-methyl/N-ethyl adjacent to an activating group) is 4. The molecule has 85 heavy (non-hydrogen) atoms. The summed E-state index contributed by atoms with van der Waals surface area (Å²) >= 11 is 0. The predicted octanol–water partition coefficient (Wildman–Crippen LogP) is 12.7. The second-order valence-corrected chi connectivity index (χ2v) is 21.5. The minimum atomic E-state index is -0.568. The van der Waals surface area contributed by atoms with E-state index in [0.29, 0.717) is 50.7 Å². The minimum Gasteiger partial charge on any atom is -0.340 e. The summed E-state index contributed by atoms with van der Waals surface area (Å²) in [6, 6.07) is 32.5. The number of rotatable bonds is 20. The molecule has 0 saturated heterocycles. The molecule has 452 valence electrons. The van der Waals surface area contributed by atoms with E-state index in [1.807, 2.05) is 79.4 Å². The summed E-state index contributed by atoms with van der Waals surface area (Å²) in [5, 5.41) is 9.21. The number of aryl methyl sites for hydroxylation is 1. The van der Waals surface area contributed by atoms with Crippen LogP contribution in [-0.4, -0.2) is 113 Å². The second kappa shape index (κ2) is 33.6. The van der Waals surface area contributed by atoms with Crippen molar-refractivity contribution in [1.29, 1.82) is 0 Å². The number of nitrogens with zero attached hydrogens (tertiary/aromatic N) is 5. The topological polar surface area (TPSA) is 140 Å². The first kappa shape index (κ1) is 66.3. The van der Waals surface area contributed by atoms with Gasteiger partial charge in [-0.2, -0.15) is 0 Å². The highest BCUT2D eigenvalue weighted by Gasteiger charge is 2.47. The first-order chi connectivity index (χ1) is 41.0. The molecule has 2 fully saturated rings. The summed E-state index contributed by atoms with van der Waals surface area (Å²) < 4.78 is 60.9. The fraction of sp³-hybridized carbons (Fsp3) is 0.382. The molecule has 0 spiro atoms. The van der Waals surface area contributed by atoms with Gasteiger partial charge in [0.15, 0.2) is 0 Å². The third kappa shape index (κ3) is 19.9. The van der Waals surface area contributed by atoms with E-state index in [1.54, 1.807) is 29.4 Å². The number of halogens is 5. The van der Waals surface area contributed by atoms with E-state index in [0.717, 1.165) is 105 Å². The van der Waals surface area contributed by atoms with Crippen molar-refractivity contribution >= 4 is 47.4 Å². The molecule has 3 aliphatic carbocycles. The third-order valence-electron chi connectivity index (χ3n) is 15.5. The van der Waals surface area contributed by atoms with Crippen molar-refractivity contribution in [2.75, 3.05) is 64.1 Å². The van der Waals surface area contributed by atoms with Crippen LogP contribution in [0.2, 0.25) is 0 Å². The molecule has 3 aliphatic rings. The molecule has 1 unspecified atom stereocenters. The molecular formula is C68H81F5N8O4. The Hall–Kier alpha value is -7.89. The van der Waals surface area contributed by atoms with Crippen LogP contribution in [0, 0.1) is 29.2 Å². The summed E-state index contributed by atoms with van der Waals surface area (Å²) in [4.78, 5) is 65.7. The molecule has 9 rings (SSSR count). The maximum atomic E-state index is 13.5. The van der Waals surface area contributed by atoms with Gasteiger partial charge in [0.05, 0.1) is 12.0 Å². The summed E-state index contributed by atoms with van der Waals surface area (Å²) in [7, 11) is 3.71. The normalized spacial score (nSPS) is 15.4. The van der Waals surface area contributed by atoms with Crippen molar-refractivity contribution in [2.45, 2.75) is 109 Å². The number of amides is 4. The lowest BCUT2D eigenvalue weighted by Crippen LogP contribution is -2.58. The van der Waals surface area contributed by atoms with Gasteiger partial charge in [0.25, 0.3) is 0 Å². The van der Waals surface area contributed by atoms with Crippen LogP contribution in [0.5, 0.6) is 0 Å². The smallest absolute Gasteiger partial charge is 0.243 e. The Bertz CT molecular complexity index is 3070. The Morgan fingerprint density at radius 3 is 1.64 bits per heavy atom. The van der Waals surface area contributed by atoms with Gasteiger partial charge in [0.1, 0.15) is 47.1 Å². The van der Waals surface area contributed by atoms with Crippen LogP contribution < -0.4 is 16.0 Å². The Kier molecular flexibility index (Phi) is 26.2. The molecular weight excluding hydrogens is 1090 g/mol. The molecule has 2 aromatic heterocycles. The fourth-order valence-corrected chi connectivity index (χ4v) is 11.3. The quantitative estimate of drug-likeness (QED) is 0.0642. The molecule has 2 heterocycles. The molecule has 1 atom stereocenters. The Morgan fingerprint density at radius 1 is 0.600 bits per heavy atom. The second-order valence-electron chi connectivity index (χ2n) is 21.5. The molecule has 0 bridgehead atoms. The van der Waals surface area contributed by atoms with E-state index >= 15 is 0 Å². The summed E-state index contributed by atoms with van der Waals surface area (Å²) in [6.07, 6.45) is 21.6. The van der Waals surface area contributed by atoms with Crippen LogP contribution in [0.3, 0.4) is 0 Å². The number of pyridine rings is 2. The molecule has 0 aliphatic heterocycles. The summed E-state index contributed by atoms with van der Waals surface area (Å²) in [5.74, 6) is -0.926. The molecule has 3 N–H and O–H groups in total. The van der Waals surface area contributed by atoms with Gasteiger partial charge < -0.3 is 25.8 Å². The highest BCUT2D eigenvalue weighted by Crippen LogP contribution is 2.37. The van der Waals surface area contributed by atoms with Gasteiger partial charge in [-0.25, -0.2) is 31.9 Å². The van der Waals surface area contributed by atoms with E-state index in [2.05, 4.69) is 76.2 Å². The van der Waals surface area contributed by atoms with Crippen LogP contribution in [0.4, 0.5) is 33.6 Å². The number of carbonyl (C=O) groups is 4. The average molecular weight is 1170 g/mol. The van der Waals surface area contributed by atoms with E-state index in [9.17, 15) is 41.1 Å². The van der Waals surface area contributed by atoms with E-state index < -0.39 is 41.0 Å². The maximum Gasteiger partial charge on any atom is 0.243 e. The first-order valence-electron chi connectivity index (χ1n) is 29.4. The van der Waals surface area contributed by atoms with Gasteiger partial charge in [-0.15, -0.1) is 0 Å². The Morgan fingerprint density at radius 2 is 1.13 bits per heavy atom. The standard InChI is InChI=1S/C29H37FN4O2.C27H36N4O2.2C6H4F2/c1-3-34(18-15-30)29(13-5-6-14-29)28(36)33(2)17-8-9-22-11-12-23-20-25(21-24(23)19-22)27(35)32-26-10-4-7-16-31-26;1-4-22-14-13-21(19-23(22)20-25(32)30-24-12-6-9-17-28-24)11-10-18-31(3)26(33)27(29-5-2)15-7-8-16-27;2*7-5-2-1-3-6(8)4-5/h4,7-12,16,19,25H,3,5-6,13-15,17-18,20-21H2,1-2H3,(H,31,32,35);6,9-14,17,19,29H,4-5,7-8,15-16,18,20H2,1-3H3,(H,28,30,32);2*1-4H/b9-8+;11-10+;;. The van der Waals surface area contributed by atoms with E-state index in [-0.39, 0.29) is 29.5 Å². The van der Waals surface area contributed by atoms with Crippen LogP contribution in [0.15, 0.2) is 146 Å². The lowest BCUT2D eigenvalue weighted by atomic mass is 9.92. The van der Waals surface area contributed by atoms with Gasteiger partial charge in [-0.3, -0.25) is 24.1 Å². The number of benzene rings is 4. The van der Waals surface area contributed by atoms with Gasteiger partial charge in [-0.1, -0.05) is 131 Å². The number of carbonyl (C=O) groups excluding carboxylic acids is 4. The van der Waals surface area contributed by atoms with E-state index in [4.69, 9.17) is 0 Å². The number of fused-ring (bicyclic) bond motifs is 1. The molecule has 4 aromatic carbocycles. The lowest BCUT2D eigenvalue weighted by molar-refractivity contribution is -0.143. The Labute approximate surface area is 498 Å². The first-order valence-corrected chi connectivity index (χ1v) is 29.4. The zero-order valence-electron chi connectivity index (χ0n) is 49.6. The highest BCUT2D eigenvalue weighted by atomic mass is 19.1. The van der Waals surface area contributed by atoms with Crippen molar-refractivity contribution in [3.05, 3.63) is 203 Å². The van der Waals surface area contributed by atoms with Gasteiger partial charge in [0.2, 0.25) is 23.6 Å². The number of anilines is 2. The summed E-state index contributed by atoms with van der Waals surface area (Å²) in [6.45, 7) is 8.56.